The number of carbonyl (C=O) groups excluding carboxylic acids is 1. The van der Waals surface area contributed by atoms with Crippen molar-refractivity contribution in [3.63, 3.8) is 0 Å². The molecule has 0 saturated heterocycles. The van der Waals surface area contributed by atoms with Crippen molar-refractivity contribution in [2.75, 3.05) is 13.7 Å². The molecule has 0 aliphatic heterocycles. The fourth-order valence-corrected chi connectivity index (χ4v) is 3.63. The zero-order valence-electron chi connectivity index (χ0n) is 20.1. The highest BCUT2D eigenvalue weighted by Gasteiger charge is 2.24. The molecule has 9 heteroatoms. The minimum atomic E-state index is -0.865. The van der Waals surface area contributed by atoms with Crippen molar-refractivity contribution in [3.8, 4) is 11.5 Å². The average Bonchev–Trinajstić information content (AvgIpc) is 2.78. The number of nitrogens with zero attached hydrogens (tertiary/aromatic N) is 3. The summed E-state index contributed by atoms with van der Waals surface area (Å²) in [6.45, 7) is 9.47. The van der Waals surface area contributed by atoms with Gasteiger partial charge in [-0.1, -0.05) is 42.8 Å². The third kappa shape index (κ3) is 5.47. The van der Waals surface area contributed by atoms with Gasteiger partial charge in [0.2, 0.25) is 0 Å². The standard InChI is InChI=1S/C25H28BrN3O5/c1-7-33-23(31)15(2)34-21-16(9-8-10-20(21)32-6)14-27-29-22(30)18-13-17(26)11-12-19(18)28-24(29)25(3,4)5/h8-15H,7H2,1-6H3/t15-/m0/s1. The van der Waals surface area contributed by atoms with E-state index in [1.54, 1.807) is 44.2 Å². The van der Waals surface area contributed by atoms with Gasteiger partial charge in [0.1, 0.15) is 5.82 Å². The van der Waals surface area contributed by atoms with E-state index >= 15 is 0 Å². The molecule has 3 aromatic rings. The SMILES string of the molecule is CCOC(=O)[C@H](C)Oc1c(C=Nn2c(C(C)(C)C)nc3ccc(Br)cc3c2=O)cccc1OC. The third-order valence-corrected chi connectivity index (χ3v) is 5.43. The lowest BCUT2D eigenvalue weighted by atomic mass is 9.95. The molecule has 3 rings (SSSR count). The maximum atomic E-state index is 13.4. The van der Waals surface area contributed by atoms with Crippen molar-refractivity contribution in [1.29, 1.82) is 0 Å². The summed E-state index contributed by atoms with van der Waals surface area (Å²) in [6.07, 6.45) is 0.633. The molecule has 0 N–H and O–H groups in total. The monoisotopic (exact) mass is 529 g/mol. The molecule has 0 radical (unpaired) electrons. The molecule has 8 nitrogen and oxygen atoms in total. The van der Waals surface area contributed by atoms with Crippen LogP contribution in [0, 0.1) is 0 Å². The van der Waals surface area contributed by atoms with Crippen molar-refractivity contribution in [2.24, 2.45) is 5.10 Å². The van der Waals surface area contributed by atoms with Crippen LogP contribution in [-0.2, 0) is 14.9 Å². The van der Waals surface area contributed by atoms with E-state index in [4.69, 9.17) is 19.2 Å². The van der Waals surface area contributed by atoms with E-state index in [1.165, 1.54) is 18.0 Å². The maximum Gasteiger partial charge on any atom is 0.347 e. The van der Waals surface area contributed by atoms with E-state index < -0.39 is 17.5 Å². The van der Waals surface area contributed by atoms with Crippen LogP contribution in [0.5, 0.6) is 11.5 Å². The first kappa shape index (κ1) is 25.4. The molecule has 180 valence electrons. The van der Waals surface area contributed by atoms with Crippen LogP contribution in [0.4, 0.5) is 0 Å². The van der Waals surface area contributed by atoms with Crippen LogP contribution in [-0.4, -0.2) is 41.7 Å². The van der Waals surface area contributed by atoms with Gasteiger partial charge in [0.05, 0.1) is 30.8 Å². The van der Waals surface area contributed by atoms with Gasteiger partial charge in [0.15, 0.2) is 17.6 Å². The second kappa shape index (κ2) is 10.4. The quantitative estimate of drug-likeness (QED) is 0.326. The van der Waals surface area contributed by atoms with Gasteiger partial charge in [-0.05, 0) is 44.2 Å². The van der Waals surface area contributed by atoms with E-state index in [2.05, 4.69) is 21.0 Å². The van der Waals surface area contributed by atoms with Gasteiger partial charge < -0.3 is 14.2 Å². The molecular formula is C25H28BrN3O5. The van der Waals surface area contributed by atoms with Crippen molar-refractivity contribution in [2.45, 2.75) is 46.1 Å². The Morgan fingerprint density at radius 1 is 1.26 bits per heavy atom. The van der Waals surface area contributed by atoms with Crippen molar-refractivity contribution in [3.05, 3.63) is 62.6 Å². The minimum Gasteiger partial charge on any atom is -0.493 e. The Hall–Kier alpha value is -3.20. The number of fused-ring (bicyclic) bond motifs is 1. The molecule has 0 bridgehead atoms. The fourth-order valence-electron chi connectivity index (χ4n) is 3.27. The molecular weight excluding hydrogens is 502 g/mol. The Labute approximate surface area is 206 Å². The summed E-state index contributed by atoms with van der Waals surface area (Å²) < 4.78 is 18.4. The summed E-state index contributed by atoms with van der Waals surface area (Å²) in [7, 11) is 1.51. The van der Waals surface area contributed by atoms with Crippen molar-refractivity contribution < 1.29 is 19.0 Å². The molecule has 1 heterocycles. The van der Waals surface area contributed by atoms with E-state index in [0.717, 1.165) is 4.47 Å². The summed E-state index contributed by atoms with van der Waals surface area (Å²) >= 11 is 3.41. The molecule has 1 aromatic heterocycles. The highest BCUT2D eigenvalue weighted by Crippen LogP contribution is 2.31. The van der Waals surface area contributed by atoms with Crippen LogP contribution >= 0.6 is 15.9 Å². The number of hydrogen-bond donors (Lipinski definition) is 0. The van der Waals surface area contributed by atoms with Crippen LogP contribution in [0.15, 0.2) is 50.8 Å². The molecule has 34 heavy (non-hydrogen) atoms. The summed E-state index contributed by atoms with van der Waals surface area (Å²) in [4.78, 5) is 30.2. The first-order valence-corrected chi connectivity index (χ1v) is 11.6. The number of carbonyl (C=O) groups is 1. The summed E-state index contributed by atoms with van der Waals surface area (Å²) in [5, 5.41) is 4.94. The lowest BCUT2D eigenvalue weighted by Crippen LogP contribution is -2.29. The van der Waals surface area contributed by atoms with Crippen LogP contribution in [0.3, 0.4) is 0 Å². The summed E-state index contributed by atoms with van der Waals surface area (Å²) in [5.41, 5.74) is 0.372. The Balaban J connectivity index is 2.14. The van der Waals surface area contributed by atoms with Gasteiger partial charge in [-0.15, -0.1) is 0 Å². The molecule has 0 aliphatic rings. The number of hydrogen-bond acceptors (Lipinski definition) is 7. The van der Waals surface area contributed by atoms with Crippen LogP contribution in [0.25, 0.3) is 10.9 Å². The Bertz CT molecular complexity index is 1290. The van der Waals surface area contributed by atoms with Crippen molar-refractivity contribution in [1.82, 2.24) is 9.66 Å². The Morgan fingerprint density at radius 3 is 2.65 bits per heavy atom. The van der Waals surface area contributed by atoms with Crippen LogP contribution in [0.2, 0.25) is 0 Å². The van der Waals surface area contributed by atoms with E-state index in [0.29, 0.717) is 33.8 Å². The topological polar surface area (TPSA) is 92.0 Å². The number of halogens is 1. The predicted molar refractivity (Wildman–Crippen MR) is 135 cm³/mol. The molecule has 0 amide bonds. The van der Waals surface area contributed by atoms with E-state index in [9.17, 15) is 9.59 Å². The minimum absolute atomic E-state index is 0.246. The number of rotatable bonds is 7. The average molecular weight is 530 g/mol. The van der Waals surface area contributed by atoms with E-state index in [-0.39, 0.29) is 12.2 Å². The fraction of sp³-hybridized carbons (Fsp3) is 0.360. The second-order valence-electron chi connectivity index (χ2n) is 8.60. The van der Waals surface area contributed by atoms with Gasteiger partial charge in [0, 0.05) is 15.5 Å². The second-order valence-corrected chi connectivity index (χ2v) is 9.51. The number of methoxy groups -OCH3 is 1. The lowest BCUT2D eigenvalue weighted by molar-refractivity contribution is -0.150. The van der Waals surface area contributed by atoms with Crippen LogP contribution in [0.1, 0.15) is 46.0 Å². The van der Waals surface area contributed by atoms with Gasteiger partial charge in [0.25, 0.3) is 5.56 Å². The Kier molecular flexibility index (Phi) is 7.76. The van der Waals surface area contributed by atoms with Gasteiger partial charge in [-0.25, -0.2) is 9.78 Å². The van der Waals surface area contributed by atoms with Crippen LogP contribution < -0.4 is 15.0 Å². The number of ether oxygens (including phenoxy) is 3. The number of para-hydroxylation sites is 1. The van der Waals surface area contributed by atoms with E-state index in [1.807, 2.05) is 26.8 Å². The van der Waals surface area contributed by atoms with Crippen molar-refractivity contribution >= 4 is 39.0 Å². The molecule has 0 fully saturated rings. The summed E-state index contributed by atoms with van der Waals surface area (Å²) in [5.74, 6) is 0.751. The largest absolute Gasteiger partial charge is 0.493 e. The third-order valence-electron chi connectivity index (χ3n) is 4.93. The predicted octanol–water partition coefficient (Wildman–Crippen LogP) is 4.68. The number of esters is 1. The number of benzene rings is 2. The molecule has 1 atom stereocenters. The first-order chi connectivity index (χ1) is 16.1. The molecule has 0 unspecified atom stereocenters. The summed E-state index contributed by atoms with van der Waals surface area (Å²) in [6, 6.07) is 10.6. The maximum absolute atomic E-state index is 13.4. The highest BCUT2D eigenvalue weighted by atomic mass is 79.9. The molecule has 2 aromatic carbocycles. The molecule has 0 saturated carbocycles. The number of aromatic nitrogens is 2. The van der Waals surface area contributed by atoms with Gasteiger partial charge >= 0.3 is 5.97 Å². The smallest absolute Gasteiger partial charge is 0.347 e. The normalized spacial score (nSPS) is 12.7. The lowest BCUT2D eigenvalue weighted by Gasteiger charge is -2.21. The zero-order valence-corrected chi connectivity index (χ0v) is 21.7. The Morgan fingerprint density at radius 2 is 2.00 bits per heavy atom. The van der Waals surface area contributed by atoms with Gasteiger partial charge in [-0.2, -0.15) is 9.78 Å². The molecule has 0 aliphatic carbocycles. The first-order valence-electron chi connectivity index (χ1n) is 10.8. The van der Waals surface area contributed by atoms with Gasteiger partial charge in [-0.3, -0.25) is 4.79 Å². The highest BCUT2D eigenvalue weighted by molar-refractivity contribution is 9.10. The molecule has 0 spiro atoms. The zero-order chi connectivity index (χ0) is 25.0.